The molecule has 6 rings (SSSR count). The number of aryl methyl sites for hydroxylation is 1. The Kier molecular flexibility index (Phi) is 10.4. The van der Waals surface area contributed by atoms with Crippen LogP contribution in [-0.4, -0.2) is 124 Å². The molecule has 0 saturated carbocycles. The van der Waals surface area contributed by atoms with Crippen molar-refractivity contribution in [1.82, 2.24) is 30.0 Å². The van der Waals surface area contributed by atoms with Crippen LogP contribution in [-0.2, 0) is 38.5 Å². The van der Waals surface area contributed by atoms with Crippen molar-refractivity contribution in [2.24, 2.45) is 0 Å². The summed E-state index contributed by atoms with van der Waals surface area (Å²) in [6.45, 7) is 7.76. The standard InChI is InChI=1S/C28H31FN6O3.C4H6O6/c1-3-17-11-25(36)21(29)12-20(17)18-4-5-19-23(10-18)32-33-27(19)28-30-22-6-7-35(14-24(22)31-28)26(37)15-34-8-9-38-16(2)13-34;5-1(3(7)8)2(6)4(9)10/h4-5,10-12,16,36H,3,6-9,13-15H2,1-2H3,(H,30,31)(H,32,33);1-2,5-6H,(H,7,8)(H,9,10)/t16-;/m0./s1. The summed E-state index contributed by atoms with van der Waals surface area (Å²) in [5.74, 6) is -3.74. The van der Waals surface area contributed by atoms with E-state index < -0.39 is 30.0 Å². The number of phenolic OH excluding ortho intramolecular Hbond substituents is 1. The Labute approximate surface area is 273 Å². The van der Waals surface area contributed by atoms with Crippen molar-refractivity contribution in [3.05, 3.63) is 53.1 Å². The third-order valence-electron chi connectivity index (χ3n) is 8.33. The van der Waals surface area contributed by atoms with E-state index in [1.54, 1.807) is 0 Å². The number of phenols is 1. The van der Waals surface area contributed by atoms with Gasteiger partial charge in [0, 0.05) is 31.4 Å². The number of aromatic nitrogens is 4. The number of aliphatic hydroxyl groups is 2. The molecule has 2 aliphatic heterocycles. The minimum Gasteiger partial charge on any atom is -0.505 e. The van der Waals surface area contributed by atoms with Gasteiger partial charge in [0.2, 0.25) is 5.91 Å². The Morgan fingerprint density at radius 2 is 1.83 bits per heavy atom. The molecule has 2 aromatic carbocycles. The van der Waals surface area contributed by atoms with E-state index in [-0.39, 0.29) is 17.8 Å². The highest BCUT2D eigenvalue weighted by Crippen LogP contribution is 2.34. The molecule has 2 aromatic heterocycles. The van der Waals surface area contributed by atoms with Crippen LogP contribution in [0.25, 0.3) is 33.5 Å². The number of hydrogen-bond acceptors (Lipinski definition) is 10. The van der Waals surface area contributed by atoms with E-state index in [9.17, 15) is 23.9 Å². The number of nitrogens with zero attached hydrogens (tertiary/aromatic N) is 4. The van der Waals surface area contributed by atoms with Gasteiger partial charge in [0.15, 0.2) is 29.6 Å². The first kappa shape index (κ1) is 34.4. The van der Waals surface area contributed by atoms with Gasteiger partial charge in [0.05, 0.1) is 42.7 Å². The summed E-state index contributed by atoms with van der Waals surface area (Å²) in [5, 5.41) is 50.8. The largest absolute Gasteiger partial charge is 0.505 e. The van der Waals surface area contributed by atoms with Gasteiger partial charge in [-0.2, -0.15) is 5.10 Å². The number of halogens is 1. The molecular weight excluding hydrogens is 631 g/mol. The maximum atomic E-state index is 14.1. The second-order valence-corrected chi connectivity index (χ2v) is 11.7. The van der Waals surface area contributed by atoms with E-state index in [2.05, 4.69) is 20.1 Å². The lowest BCUT2D eigenvalue weighted by atomic mass is 9.96. The van der Waals surface area contributed by atoms with Crippen molar-refractivity contribution >= 4 is 28.7 Å². The number of carboxylic acid groups (broad SMARTS) is 2. The summed E-state index contributed by atoms with van der Waals surface area (Å²) >= 11 is 0. The number of carboxylic acids is 2. The number of H-pyrrole nitrogens is 2. The van der Waals surface area contributed by atoms with Crippen molar-refractivity contribution < 1.29 is 49.0 Å². The molecule has 7 N–H and O–H groups in total. The van der Waals surface area contributed by atoms with E-state index in [1.165, 1.54) is 12.1 Å². The number of carbonyl (C=O) groups excluding carboxylic acids is 1. The number of carbonyl (C=O) groups is 3. The number of aromatic amines is 2. The van der Waals surface area contributed by atoms with Crippen LogP contribution in [0.5, 0.6) is 5.75 Å². The number of hydrogen-bond donors (Lipinski definition) is 7. The van der Waals surface area contributed by atoms with Crippen LogP contribution in [0.2, 0.25) is 0 Å². The molecule has 0 aliphatic carbocycles. The van der Waals surface area contributed by atoms with E-state index in [0.717, 1.165) is 52.1 Å². The second-order valence-electron chi connectivity index (χ2n) is 11.7. The van der Waals surface area contributed by atoms with Crippen molar-refractivity contribution in [3.8, 4) is 28.4 Å². The summed E-state index contributed by atoms with van der Waals surface area (Å²) in [5.41, 5.74) is 5.85. The lowest BCUT2D eigenvalue weighted by Crippen LogP contribution is -2.48. The smallest absolute Gasteiger partial charge is 0.335 e. The van der Waals surface area contributed by atoms with E-state index in [0.29, 0.717) is 50.6 Å². The van der Waals surface area contributed by atoms with Gasteiger partial charge in [0.25, 0.3) is 0 Å². The molecule has 3 atom stereocenters. The second kappa shape index (κ2) is 14.5. The zero-order valence-corrected chi connectivity index (χ0v) is 26.3. The SMILES string of the molecule is CCc1cc(O)c(F)cc1-c1ccc2c(-c3nc4c([nH]3)CN(C(=O)CN3CCO[C@@H](C)C3)CC4)n[nH]c2c1.O=C(O)C(O)C(O)C(=O)O. The fourth-order valence-electron chi connectivity index (χ4n) is 5.75. The Bertz CT molecular complexity index is 1810. The highest BCUT2D eigenvalue weighted by atomic mass is 19.1. The molecule has 0 spiro atoms. The predicted molar refractivity (Wildman–Crippen MR) is 168 cm³/mol. The number of aliphatic carboxylic acids is 2. The minimum atomic E-state index is -2.27. The first-order chi connectivity index (χ1) is 22.9. The molecule has 0 radical (unpaired) electrons. The Morgan fingerprint density at radius 1 is 1.10 bits per heavy atom. The fraction of sp³-hybridized carbons (Fsp3) is 0.406. The molecule has 16 heteroatoms. The Balaban J connectivity index is 0.000000393. The molecule has 256 valence electrons. The van der Waals surface area contributed by atoms with Crippen molar-refractivity contribution in [1.29, 1.82) is 0 Å². The molecular formula is C32H37FN6O9. The maximum Gasteiger partial charge on any atom is 0.335 e. The average molecular weight is 669 g/mol. The molecule has 48 heavy (non-hydrogen) atoms. The zero-order chi connectivity index (χ0) is 34.7. The van der Waals surface area contributed by atoms with Gasteiger partial charge in [-0.1, -0.05) is 13.0 Å². The van der Waals surface area contributed by atoms with Gasteiger partial charge in [0.1, 0.15) is 5.69 Å². The van der Waals surface area contributed by atoms with Gasteiger partial charge in [-0.25, -0.2) is 19.0 Å². The highest BCUT2D eigenvalue weighted by Gasteiger charge is 2.30. The molecule has 1 amide bonds. The number of nitrogens with one attached hydrogen (secondary N) is 2. The molecule has 15 nitrogen and oxygen atoms in total. The Morgan fingerprint density at radius 3 is 2.50 bits per heavy atom. The number of fused-ring (bicyclic) bond motifs is 2. The number of aromatic hydroxyl groups is 1. The van der Waals surface area contributed by atoms with Crippen LogP contribution in [0.4, 0.5) is 4.39 Å². The first-order valence-corrected chi connectivity index (χ1v) is 15.4. The predicted octanol–water partition coefficient (Wildman–Crippen LogP) is 1.51. The zero-order valence-electron chi connectivity index (χ0n) is 26.3. The minimum absolute atomic E-state index is 0.121. The first-order valence-electron chi connectivity index (χ1n) is 15.4. The molecule has 2 unspecified atom stereocenters. The van der Waals surface area contributed by atoms with Crippen LogP contribution >= 0.6 is 0 Å². The molecule has 4 aromatic rings. The molecule has 1 fully saturated rings. The summed E-state index contributed by atoms with van der Waals surface area (Å²) in [6, 6.07) is 8.68. The number of imidazole rings is 1. The van der Waals surface area contributed by atoms with Crippen molar-refractivity contribution in [2.45, 2.75) is 51.5 Å². The third kappa shape index (κ3) is 7.46. The van der Waals surface area contributed by atoms with Crippen LogP contribution in [0.1, 0.15) is 30.8 Å². The van der Waals surface area contributed by atoms with Crippen molar-refractivity contribution in [3.63, 3.8) is 0 Å². The number of ether oxygens (including phenoxy) is 1. The van der Waals surface area contributed by atoms with Crippen molar-refractivity contribution in [2.75, 3.05) is 32.8 Å². The van der Waals surface area contributed by atoms with Crippen LogP contribution in [0.3, 0.4) is 0 Å². The fourth-order valence-corrected chi connectivity index (χ4v) is 5.75. The van der Waals surface area contributed by atoms with Gasteiger partial charge < -0.3 is 40.2 Å². The normalized spacial score (nSPS) is 17.7. The lowest BCUT2D eigenvalue weighted by molar-refractivity contribution is -0.165. The van der Waals surface area contributed by atoms with Crippen LogP contribution in [0.15, 0.2) is 30.3 Å². The molecule has 0 bridgehead atoms. The number of amides is 1. The monoisotopic (exact) mass is 668 g/mol. The average Bonchev–Trinajstić information content (AvgIpc) is 3.68. The summed E-state index contributed by atoms with van der Waals surface area (Å²) in [7, 11) is 0. The summed E-state index contributed by atoms with van der Waals surface area (Å²) in [4.78, 5) is 44.8. The van der Waals surface area contributed by atoms with Crippen LogP contribution < -0.4 is 0 Å². The van der Waals surface area contributed by atoms with Gasteiger partial charge >= 0.3 is 11.9 Å². The molecule has 4 heterocycles. The van der Waals surface area contributed by atoms with E-state index in [1.807, 2.05) is 36.9 Å². The number of benzene rings is 2. The van der Waals surface area contributed by atoms with E-state index >= 15 is 0 Å². The third-order valence-corrected chi connectivity index (χ3v) is 8.33. The number of aliphatic hydroxyl groups excluding tert-OH is 2. The summed E-state index contributed by atoms with van der Waals surface area (Å²) < 4.78 is 19.7. The topological polar surface area (TPSA) is 225 Å². The number of morpholine rings is 1. The molecule has 1 saturated heterocycles. The quantitative estimate of drug-likeness (QED) is 0.142. The molecule has 2 aliphatic rings. The summed E-state index contributed by atoms with van der Waals surface area (Å²) in [6.07, 6.45) is -3.03. The Hall–Kier alpha value is -4.90. The van der Waals surface area contributed by atoms with Gasteiger partial charge in [-0.05, 0) is 54.3 Å². The highest BCUT2D eigenvalue weighted by molar-refractivity contribution is 5.94. The lowest BCUT2D eigenvalue weighted by Gasteiger charge is -2.33. The van der Waals surface area contributed by atoms with E-state index in [4.69, 9.17) is 30.1 Å². The van der Waals surface area contributed by atoms with Gasteiger partial charge in [-0.3, -0.25) is 14.8 Å². The number of rotatable bonds is 8. The maximum absolute atomic E-state index is 14.1. The van der Waals surface area contributed by atoms with Gasteiger partial charge in [-0.15, -0.1) is 0 Å². The van der Waals surface area contributed by atoms with Crippen LogP contribution in [0, 0.1) is 5.82 Å².